The molecule has 1 atom stereocenters. The third-order valence-corrected chi connectivity index (χ3v) is 5.64. The summed E-state index contributed by atoms with van der Waals surface area (Å²) in [5, 5.41) is 9.71. The molecule has 0 aliphatic heterocycles. The number of phenolic OH excluding ortho intramolecular Hbond substituents is 1. The van der Waals surface area contributed by atoms with Crippen LogP contribution in [-0.4, -0.2) is 10.1 Å². The third-order valence-electron chi connectivity index (χ3n) is 5.64. The molecule has 0 radical (unpaired) electrons. The number of benzene rings is 3. The molecular formula is C28H29NO2. The van der Waals surface area contributed by atoms with Crippen molar-refractivity contribution >= 4 is 0 Å². The predicted octanol–water partition coefficient (Wildman–Crippen LogP) is 7.62. The fourth-order valence-corrected chi connectivity index (χ4v) is 4.09. The van der Waals surface area contributed by atoms with Crippen LogP contribution in [0, 0.1) is 0 Å². The summed E-state index contributed by atoms with van der Waals surface area (Å²) < 4.78 is 6.44. The summed E-state index contributed by atoms with van der Waals surface area (Å²) in [5.41, 5.74) is 4.20. The fourth-order valence-electron chi connectivity index (χ4n) is 4.09. The number of aromatic nitrogens is 1. The molecule has 4 rings (SSSR count). The van der Waals surface area contributed by atoms with Crippen LogP contribution in [0.5, 0.6) is 5.75 Å². The van der Waals surface area contributed by atoms with Gasteiger partial charge in [0.05, 0.1) is 0 Å². The van der Waals surface area contributed by atoms with Gasteiger partial charge in [-0.25, -0.2) is 4.98 Å². The van der Waals surface area contributed by atoms with Crippen molar-refractivity contribution in [3.05, 3.63) is 96.4 Å². The Morgan fingerprint density at radius 1 is 0.839 bits per heavy atom. The van der Waals surface area contributed by atoms with E-state index in [2.05, 4.69) is 37.3 Å². The lowest BCUT2D eigenvalue weighted by molar-refractivity contribution is 0.412. The zero-order valence-electron chi connectivity index (χ0n) is 18.0. The van der Waals surface area contributed by atoms with Crippen LogP contribution in [0.2, 0.25) is 0 Å². The molecule has 1 unspecified atom stereocenters. The SMILES string of the molecule is CCCC(CCCc1cccc(O)c1)c1nc(-c2ccccc2)c(-c2ccccc2)o1. The van der Waals surface area contributed by atoms with Crippen LogP contribution in [0.3, 0.4) is 0 Å². The minimum atomic E-state index is 0.280. The quantitative estimate of drug-likeness (QED) is 0.308. The van der Waals surface area contributed by atoms with E-state index in [0.717, 1.165) is 66.1 Å². The average molecular weight is 412 g/mol. The summed E-state index contributed by atoms with van der Waals surface area (Å²) in [7, 11) is 0. The molecule has 0 aliphatic carbocycles. The monoisotopic (exact) mass is 411 g/mol. The first-order valence-corrected chi connectivity index (χ1v) is 11.1. The summed E-state index contributed by atoms with van der Waals surface area (Å²) in [6, 6.07) is 28.0. The van der Waals surface area contributed by atoms with Crippen molar-refractivity contribution in [2.24, 2.45) is 0 Å². The van der Waals surface area contributed by atoms with Gasteiger partial charge in [0, 0.05) is 17.0 Å². The first-order valence-electron chi connectivity index (χ1n) is 11.1. The van der Waals surface area contributed by atoms with Crippen LogP contribution in [0.25, 0.3) is 22.6 Å². The maximum absolute atomic E-state index is 9.71. The van der Waals surface area contributed by atoms with Crippen LogP contribution in [0.4, 0.5) is 0 Å². The number of hydrogen-bond acceptors (Lipinski definition) is 3. The Kier molecular flexibility index (Phi) is 6.83. The van der Waals surface area contributed by atoms with E-state index in [0.29, 0.717) is 5.75 Å². The second-order valence-electron chi connectivity index (χ2n) is 8.01. The van der Waals surface area contributed by atoms with Crippen molar-refractivity contribution in [3.63, 3.8) is 0 Å². The first kappa shape index (κ1) is 20.9. The van der Waals surface area contributed by atoms with Gasteiger partial charge < -0.3 is 9.52 Å². The lowest BCUT2D eigenvalue weighted by atomic mass is 9.95. The second-order valence-corrected chi connectivity index (χ2v) is 8.01. The van der Waals surface area contributed by atoms with Crippen LogP contribution in [-0.2, 0) is 6.42 Å². The summed E-state index contributed by atoms with van der Waals surface area (Å²) in [5.74, 6) is 2.28. The summed E-state index contributed by atoms with van der Waals surface area (Å²) >= 11 is 0. The molecule has 0 spiro atoms. The lowest BCUT2D eigenvalue weighted by Crippen LogP contribution is -2.00. The van der Waals surface area contributed by atoms with E-state index in [1.807, 2.05) is 48.5 Å². The first-order chi connectivity index (χ1) is 15.2. The number of oxazole rings is 1. The molecule has 0 saturated carbocycles. The van der Waals surface area contributed by atoms with Gasteiger partial charge in [-0.15, -0.1) is 0 Å². The Morgan fingerprint density at radius 2 is 1.55 bits per heavy atom. The van der Waals surface area contributed by atoms with Gasteiger partial charge in [-0.3, -0.25) is 0 Å². The molecule has 3 heteroatoms. The zero-order chi connectivity index (χ0) is 21.5. The third kappa shape index (κ3) is 5.24. The second kappa shape index (κ2) is 10.1. The van der Waals surface area contributed by atoms with E-state index in [4.69, 9.17) is 9.40 Å². The molecule has 31 heavy (non-hydrogen) atoms. The molecule has 0 aliphatic rings. The largest absolute Gasteiger partial charge is 0.508 e. The highest BCUT2D eigenvalue weighted by atomic mass is 16.4. The molecule has 0 amide bonds. The molecule has 1 N–H and O–H groups in total. The summed E-state index contributed by atoms with van der Waals surface area (Å²) in [6.07, 6.45) is 5.10. The van der Waals surface area contributed by atoms with E-state index >= 15 is 0 Å². The van der Waals surface area contributed by atoms with E-state index in [1.165, 1.54) is 0 Å². The van der Waals surface area contributed by atoms with Gasteiger partial charge in [-0.2, -0.15) is 0 Å². The molecule has 3 nitrogen and oxygen atoms in total. The van der Waals surface area contributed by atoms with Gasteiger partial charge in [0.1, 0.15) is 11.4 Å². The number of nitrogens with zero attached hydrogens (tertiary/aromatic N) is 1. The zero-order valence-corrected chi connectivity index (χ0v) is 18.0. The van der Waals surface area contributed by atoms with Crippen molar-refractivity contribution in [2.75, 3.05) is 0 Å². The fraction of sp³-hybridized carbons (Fsp3) is 0.250. The van der Waals surface area contributed by atoms with Gasteiger partial charge in [0.2, 0.25) is 0 Å². The maximum Gasteiger partial charge on any atom is 0.198 e. The lowest BCUT2D eigenvalue weighted by Gasteiger charge is -2.12. The topological polar surface area (TPSA) is 46.3 Å². The molecule has 4 aromatic rings. The molecular weight excluding hydrogens is 382 g/mol. The molecule has 0 bridgehead atoms. The minimum absolute atomic E-state index is 0.280. The van der Waals surface area contributed by atoms with Crippen LogP contribution in [0.15, 0.2) is 89.3 Å². The van der Waals surface area contributed by atoms with Crippen molar-refractivity contribution in [1.82, 2.24) is 4.98 Å². The summed E-state index contributed by atoms with van der Waals surface area (Å²) in [6.45, 7) is 2.21. The van der Waals surface area contributed by atoms with Crippen molar-refractivity contribution in [2.45, 2.75) is 44.9 Å². The van der Waals surface area contributed by atoms with E-state index < -0.39 is 0 Å². The average Bonchev–Trinajstić information content (AvgIpc) is 3.25. The number of hydrogen-bond donors (Lipinski definition) is 1. The van der Waals surface area contributed by atoms with Crippen LogP contribution in [0.1, 0.15) is 50.0 Å². The minimum Gasteiger partial charge on any atom is -0.508 e. The van der Waals surface area contributed by atoms with Crippen LogP contribution < -0.4 is 0 Å². The van der Waals surface area contributed by atoms with Gasteiger partial charge in [0.15, 0.2) is 11.7 Å². The molecule has 158 valence electrons. The number of aryl methyl sites for hydroxylation is 1. The smallest absolute Gasteiger partial charge is 0.198 e. The van der Waals surface area contributed by atoms with Gasteiger partial charge in [0.25, 0.3) is 0 Å². The van der Waals surface area contributed by atoms with Gasteiger partial charge >= 0.3 is 0 Å². The van der Waals surface area contributed by atoms with Crippen molar-refractivity contribution < 1.29 is 9.52 Å². The molecule has 0 fully saturated rings. The Bertz CT molecular complexity index is 1030. The number of phenols is 1. The van der Waals surface area contributed by atoms with Crippen molar-refractivity contribution in [3.8, 4) is 28.3 Å². The van der Waals surface area contributed by atoms with E-state index in [1.54, 1.807) is 6.07 Å². The Balaban J connectivity index is 1.60. The summed E-state index contributed by atoms with van der Waals surface area (Å²) in [4.78, 5) is 5.01. The maximum atomic E-state index is 9.71. The normalized spacial score (nSPS) is 12.0. The molecule has 1 aromatic heterocycles. The predicted molar refractivity (Wildman–Crippen MR) is 126 cm³/mol. The molecule has 0 saturated heterocycles. The Hall–Kier alpha value is -3.33. The Labute approximate surface area is 184 Å². The van der Waals surface area contributed by atoms with E-state index in [9.17, 15) is 5.11 Å². The van der Waals surface area contributed by atoms with Crippen molar-refractivity contribution in [1.29, 1.82) is 0 Å². The van der Waals surface area contributed by atoms with Gasteiger partial charge in [-0.1, -0.05) is 86.1 Å². The van der Waals surface area contributed by atoms with Gasteiger partial charge in [-0.05, 0) is 43.4 Å². The number of rotatable bonds is 9. The number of aromatic hydroxyl groups is 1. The Morgan fingerprint density at radius 3 is 2.23 bits per heavy atom. The standard InChI is InChI=1S/C28H29NO2/c1-2-11-24(18-9-12-21-13-10-19-25(30)20-21)28-29-26(22-14-5-3-6-15-22)27(31-28)23-16-7-4-8-17-23/h3-8,10,13-17,19-20,24,30H,2,9,11-12,18H2,1H3. The van der Waals surface area contributed by atoms with Crippen LogP contribution >= 0.6 is 0 Å². The molecule has 3 aromatic carbocycles. The highest BCUT2D eigenvalue weighted by Crippen LogP contribution is 2.37. The highest BCUT2D eigenvalue weighted by molar-refractivity contribution is 5.76. The van der Waals surface area contributed by atoms with E-state index in [-0.39, 0.29) is 5.92 Å². The molecule has 1 heterocycles. The highest BCUT2D eigenvalue weighted by Gasteiger charge is 2.22.